The van der Waals surface area contributed by atoms with Crippen molar-refractivity contribution >= 4 is 16.5 Å². The highest BCUT2D eigenvalue weighted by atomic mass is 14.8. The number of rotatable bonds is 2. The molecular weight excluding hydrogens is 218 g/mol. The fourth-order valence-electron chi connectivity index (χ4n) is 3.31. The van der Waals surface area contributed by atoms with Gasteiger partial charge in [0.15, 0.2) is 0 Å². The third-order valence-electron chi connectivity index (χ3n) is 4.27. The van der Waals surface area contributed by atoms with Gasteiger partial charge in [0.1, 0.15) is 0 Å². The van der Waals surface area contributed by atoms with Crippen LogP contribution in [-0.4, -0.2) is 7.05 Å². The number of benzene rings is 2. The van der Waals surface area contributed by atoms with E-state index in [1.54, 1.807) is 5.56 Å². The largest absolute Gasteiger partial charge is 0.388 e. The van der Waals surface area contributed by atoms with Crippen molar-refractivity contribution in [3.05, 3.63) is 42.0 Å². The van der Waals surface area contributed by atoms with Crippen LogP contribution >= 0.6 is 0 Å². The SMILES string of the molecule is CNc1ccc(C2CCCCC2)c2ccccc12. The van der Waals surface area contributed by atoms with Crippen molar-refractivity contribution in [2.24, 2.45) is 0 Å². The first-order chi connectivity index (χ1) is 8.90. The Kier molecular flexibility index (Phi) is 3.22. The van der Waals surface area contributed by atoms with E-state index < -0.39 is 0 Å². The Hall–Kier alpha value is -1.50. The second-order valence-electron chi connectivity index (χ2n) is 5.33. The van der Waals surface area contributed by atoms with Gasteiger partial charge in [0.05, 0.1) is 0 Å². The molecule has 0 bridgehead atoms. The van der Waals surface area contributed by atoms with Gasteiger partial charge in [-0.15, -0.1) is 0 Å². The van der Waals surface area contributed by atoms with E-state index in [1.807, 2.05) is 7.05 Å². The molecule has 94 valence electrons. The van der Waals surface area contributed by atoms with E-state index in [0.717, 1.165) is 5.92 Å². The van der Waals surface area contributed by atoms with Gasteiger partial charge in [-0.1, -0.05) is 49.6 Å². The van der Waals surface area contributed by atoms with Crippen LogP contribution in [0.3, 0.4) is 0 Å². The lowest BCUT2D eigenvalue weighted by Crippen LogP contribution is -2.05. The molecule has 0 unspecified atom stereocenters. The molecule has 0 saturated heterocycles. The third kappa shape index (κ3) is 1.98. The summed E-state index contributed by atoms with van der Waals surface area (Å²) in [6.45, 7) is 0. The highest BCUT2D eigenvalue weighted by Crippen LogP contribution is 2.38. The summed E-state index contributed by atoms with van der Waals surface area (Å²) in [5.74, 6) is 0.773. The molecule has 1 saturated carbocycles. The van der Waals surface area contributed by atoms with Crippen LogP contribution in [0.4, 0.5) is 5.69 Å². The Bertz CT molecular complexity index is 538. The number of nitrogens with one attached hydrogen (secondary N) is 1. The number of hydrogen-bond donors (Lipinski definition) is 1. The first-order valence-electron chi connectivity index (χ1n) is 7.09. The molecule has 2 aromatic rings. The molecule has 0 amide bonds. The topological polar surface area (TPSA) is 12.0 Å². The van der Waals surface area contributed by atoms with Crippen LogP contribution in [0.5, 0.6) is 0 Å². The Labute approximate surface area is 109 Å². The van der Waals surface area contributed by atoms with Crippen LogP contribution in [-0.2, 0) is 0 Å². The lowest BCUT2D eigenvalue weighted by molar-refractivity contribution is 0.445. The van der Waals surface area contributed by atoms with Gasteiger partial charge < -0.3 is 5.32 Å². The molecule has 1 heteroatoms. The van der Waals surface area contributed by atoms with Gasteiger partial charge in [0.2, 0.25) is 0 Å². The van der Waals surface area contributed by atoms with E-state index in [4.69, 9.17) is 0 Å². The minimum Gasteiger partial charge on any atom is -0.388 e. The van der Waals surface area contributed by atoms with E-state index in [9.17, 15) is 0 Å². The minimum absolute atomic E-state index is 0.773. The summed E-state index contributed by atoms with van der Waals surface area (Å²) in [5, 5.41) is 6.11. The Morgan fingerprint density at radius 3 is 2.33 bits per heavy atom. The smallest absolute Gasteiger partial charge is 0.0417 e. The van der Waals surface area contributed by atoms with Gasteiger partial charge in [-0.2, -0.15) is 0 Å². The molecule has 1 N–H and O–H groups in total. The number of anilines is 1. The van der Waals surface area contributed by atoms with Crippen LogP contribution < -0.4 is 5.32 Å². The standard InChI is InChI=1S/C17H21N/c1-18-17-12-11-14(13-7-3-2-4-8-13)15-9-5-6-10-16(15)17/h5-6,9-13,18H,2-4,7-8H2,1H3. The average molecular weight is 239 g/mol. The molecule has 18 heavy (non-hydrogen) atoms. The van der Waals surface area contributed by atoms with Crippen molar-refractivity contribution in [3.63, 3.8) is 0 Å². The van der Waals surface area contributed by atoms with Crippen molar-refractivity contribution in [2.45, 2.75) is 38.0 Å². The molecule has 0 spiro atoms. The van der Waals surface area contributed by atoms with Crippen molar-refractivity contribution in [3.8, 4) is 0 Å². The van der Waals surface area contributed by atoms with E-state index >= 15 is 0 Å². The maximum absolute atomic E-state index is 3.30. The molecule has 1 aliphatic carbocycles. The second-order valence-corrected chi connectivity index (χ2v) is 5.33. The zero-order valence-corrected chi connectivity index (χ0v) is 11.1. The number of hydrogen-bond acceptors (Lipinski definition) is 1. The molecular formula is C17H21N. The van der Waals surface area contributed by atoms with Gasteiger partial charge >= 0.3 is 0 Å². The summed E-state index contributed by atoms with van der Waals surface area (Å²) >= 11 is 0. The van der Waals surface area contributed by atoms with E-state index in [1.165, 1.54) is 48.6 Å². The van der Waals surface area contributed by atoms with Gasteiger partial charge in [0, 0.05) is 18.1 Å². The van der Waals surface area contributed by atoms with E-state index in [0.29, 0.717) is 0 Å². The normalized spacial score (nSPS) is 16.9. The molecule has 1 nitrogen and oxygen atoms in total. The van der Waals surface area contributed by atoms with Crippen LogP contribution in [0.1, 0.15) is 43.6 Å². The quantitative estimate of drug-likeness (QED) is 0.783. The van der Waals surface area contributed by atoms with E-state index in [-0.39, 0.29) is 0 Å². The predicted octanol–water partition coefficient (Wildman–Crippen LogP) is 4.93. The van der Waals surface area contributed by atoms with Crippen molar-refractivity contribution in [1.82, 2.24) is 0 Å². The molecule has 0 heterocycles. The summed E-state index contributed by atoms with van der Waals surface area (Å²) in [4.78, 5) is 0. The third-order valence-corrected chi connectivity index (χ3v) is 4.27. The molecule has 0 radical (unpaired) electrons. The lowest BCUT2D eigenvalue weighted by Gasteiger charge is -2.24. The maximum atomic E-state index is 3.30. The van der Waals surface area contributed by atoms with Gasteiger partial charge in [-0.3, -0.25) is 0 Å². The molecule has 0 atom stereocenters. The fourth-order valence-corrected chi connectivity index (χ4v) is 3.31. The molecule has 3 rings (SSSR count). The zero-order chi connectivity index (χ0) is 12.4. The maximum Gasteiger partial charge on any atom is 0.0417 e. The molecule has 1 aliphatic rings. The minimum atomic E-state index is 0.773. The molecule has 0 aromatic heterocycles. The summed E-state index contributed by atoms with van der Waals surface area (Å²) in [6.07, 6.45) is 6.94. The Balaban J connectivity index is 2.12. The first kappa shape index (κ1) is 11.6. The van der Waals surface area contributed by atoms with Crippen LogP contribution in [0.15, 0.2) is 36.4 Å². The van der Waals surface area contributed by atoms with Gasteiger partial charge in [-0.05, 0) is 35.8 Å². The number of fused-ring (bicyclic) bond motifs is 1. The van der Waals surface area contributed by atoms with Gasteiger partial charge in [-0.25, -0.2) is 0 Å². The predicted molar refractivity (Wildman–Crippen MR) is 79.3 cm³/mol. The fraction of sp³-hybridized carbons (Fsp3) is 0.412. The summed E-state index contributed by atoms with van der Waals surface area (Å²) < 4.78 is 0. The monoisotopic (exact) mass is 239 g/mol. The van der Waals surface area contributed by atoms with Crippen molar-refractivity contribution in [1.29, 1.82) is 0 Å². The highest BCUT2D eigenvalue weighted by molar-refractivity contribution is 5.96. The molecule has 0 aliphatic heterocycles. The Morgan fingerprint density at radius 1 is 0.889 bits per heavy atom. The summed E-state index contributed by atoms with van der Waals surface area (Å²) in [5.41, 5.74) is 2.80. The zero-order valence-electron chi connectivity index (χ0n) is 11.1. The van der Waals surface area contributed by atoms with Crippen LogP contribution in [0.2, 0.25) is 0 Å². The first-order valence-corrected chi connectivity index (χ1v) is 7.09. The average Bonchev–Trinajstić information content (AvgIpc) is 2.47. The lowest BCUT2D eigenvalue weighted by atomic mass is 9.82. The van der Waals surface area contributed by atoms with Gasteiger partial charge in [0.25, 0.3) is 0 Å². The van der Waals surface area contributed by atoms with Crippen LogP contribution in [0.25, 0.3) is 10.8 Å². The summed E-state index contributed by atoms with van der Waals surface area (Å²) in [6, 6.07) is 13.4. The van der Waals surface area contributed by atoms with Crippen LogP contribution in [0, 0.1) is 0 Å². The highest BCUT2D eigenvalue weighted by Gasteiger charge is 2.18. The molecule has 2 aromatic carbocycles. The second kappa shape index (κ2) is 5.01. The van der Waals surface area contributed by atoms with E-state index in [2.05, 4.69) is 41.7 Å². The molecule has 1 fully saturated rings. The van der Waals surface area contributed by atoms with Crippen molar-refractivity contribution < 1.29 is 0 Å². The Morgan fingerprint density at radius 2 is 1.61 bits per heavy atom. The van der Waals surface area contributed by atoms with Crippen molar-refractivity contribution in [2.75, 3.05) is 12.4 Å². The summed E-state index contributed by atoms with van der Waals surface area (Å²) in [7, 11) is 2.00.